The number of aliphatic hydroxyl groups excluding tert-OH is 1. The maximum atomic E-state index is 12.7. The second-order valence-electron chi connectivity index (χ2n) is 9.60. The van der Waals surface area contributed by atoms with Gasteiger partial charge in [-0.2, -0.15) is 5.26 Å². The molecule has 2 aliphatic heterocycles. The first kappa shape index (κ1) is 27.2. The highest BCUT2D eigenvalue weighted by molar-refractivity contribution is 6.03. The fraction of sp³-hybridized carbons (Fsp3) is 0.367. The molecule has 0 aliphatic carbocycles. The van der Waals surface area contributed by atoms with Crippen LogP contribution >= 0.6 is 0 Å². The van der Waals surface area contributed by atoms with E-state index in [-0.39, 0.29) is 42.7 Å². The maximum Gasteiger partial charge on any atom is 0.250 e. The molecular weight excluding hydrogens is 486 g/mol. The molecule has 1 unspecified atom stereocenters. The highest BCUT2D eigenvalue weighted by atomic mass is 19.3. The number of hydrogen-bond donors (Lipinski definition) is 2. The molecule has 0 spiro atoms. The molecule has 2 N–H and O–H groups in total. The molecule has 4 rings (SSSR count). The molecule has 2 atom stereocenters. The quantitative estimate of drug-likeness (QED) is 0.477. The van der Waals surface area contributed by atoms with Gasteiger partial charge in [-0.05, 0) is 48.4 Å². The highest BCUT2D eigenvalue weighted by Gasteiger charge is 2.23. The van der Waals surface area contributed by atoms with E-state index in [1.165, 1.54) is 11.8 Å². The van der Waals surface area contributed by atoms with Crippen molar-refractivity contribution in [2.75, 3.05) is 26.2 Å². The highest BCUT2D eigenvalue weighted by Crippen LogP contribution is 2.27. The minimum atomic E-state index is -2.47. The normalized spacial score (nSPS) is 18.4. The number of benzene rings is 2. The van der Waals surface area contributed by atoms with Crippen LogP contribution in [-0.4, -0.2) is 54.6 Å². The van der Waals surface area contributed by atoms with E-state index in [0.717, 1.165) is 42.7 Å². The zero-order valence-electron chi connectivity index (χ0n) is 21.0. The number of aliphatic imine (C=N–C) groups is 1. The first-order chi connectivity index (χ1) is 18.4. The van der Waals surface area contributed by atoms with Crippen molar-refractivity contribution in [1.29, 1.82) is 5.26 Å². The number of Topliss-reactive ketones (excluding diaryl/α,β-unsaturated/α-hetero) is 1. The molecule has 8 heteroatoms. The number of hydrogen-bond acceptors (Lipinski definition) is 6. The minimum Gasteiger partial charge on any atom is -0.503 e. The fourth-order valence-electron chi connectivity index (χ4n) is 4.63. The summed E-state index contributed by atoms with van der Waals surface area (Å²) < 4.78 is 25.3. The number of ketones is 1. The number of rotatable bonds is 9. The topological polar surface area (TPSA) is 88.7 Å². The van der Waals surface area contributed by atoms with Gasteiger partial charge in [0.25, 0.3) is 6.43 Å². The molecule has 2 aliphatic rings. The van der Waals surface area contributed by atoms with E-state index in [9.17, 15) is 18.7 Å². The molecule has 0 bridgehead atoms. The number of carbonyl (C=O) groups is 1. The number of nitrogens with zero attached hydrogens (tertiary/aromatic N) is 3. The molecule has 2 aromatic carbocycles. The molecule has 196 valence electrons. The SMILES string of the molecule is N#C[C@H]1CCN(Cc2ccc(C#Cc3ccc(C(CNCC(F)F)CC4=C(O)C(=O)CC=N4)cc3)cc2)C1. The van der Waals surface area contributed by atoms with Crippen molar-refractivity contribution in [3.63, 3.8) is 0 Å². The van der Waals surface area contributed by atoms with E-state index in [4.69, 9.17) is 5.26 Å². The largest absolute Gasteiger partial charge is 0.503 e. The van der Waals surface area contributed by atoms with Crippen molar-refractivity contribution in [2.45, 2.75) is 38.2 Å². The molecule has 2 heterocycles. The van der Waals surface area contributed by atoms with E-state index >= 15 is 0 Å². The van der Waals surface area contributed by atoms with Gasteiger partial charge in [0.2, 0.25) is 5.78 Å². The standard InChI is InChI=1S/C30H30F2N4O2/c31-29(32)18-34-17-26(15-27-30(38)28(37)11-13-35-27)25-9-7-22(8-10-25)2-1-21-3-5-23(6-4-21)19-36-14-12-24(16-33)20-36/h3-10,13,24,26,29,34,38H,11-12,14-15,17-20H2/t24-,26?/m1/s1. The lowest BCUT2D eigenvalue weighted by Crippen LogP contribution is -2.27. The van der Waals surface area contributed by atoms with E-state index in [0.29, 0.717) is 0 Å². The summed E-state index contributed by atoms with van der Waals surface area (Å²) in [7, 11) is 0. The molecule has 38 heavy (non-hydrogen) atoms. The number of alkyl halides is 2. The predicted molar refractivity (Wildman–Crippen MR) is 142 cm³/mol. The van der Waals surface area contributed by atoms with Crippen LogP contribution in [0.5, 0.6) is 0 Å². The summed E-state index contributed by atoms with van der Waals surface area (Å²) in [6, 6.07) is 18.0. The van der Waals surface area contributed by atoms with Crippen molar-refractivity contribution in [1.82, 2.24) is 10.2 Å². The van der Waals surface area contributed by atoms with Crippen LogP contribution in [0.1, 0.15) is 47.4 Å². The van der Waals surface area contributed by atoms with E-state index in [2.05, 4.69) is 45.3 Å². The van der Waals surface area contributed by atoms with Gasteiger partial charge in [0.1, 0.15) is 0 Å². The zero-order valence-corrected chi connectivity index (χ0v) is 21.0. The van der Waals surface area contributed by atoms with E-state index in [1.807, 2.05) is 36.4 Å². The van der Waals surface area contributed by atoms with Crippen molar-refractivity contribution < 1.29 is 18.7 Å². The predicted octanol–water partition coefficient (Wildman–Crippen LogP) is 4.57. The van der Waals surface area contributed by atoms with Gasteiger partial charge in [-0.15, -0.1) is 0 Å². The van der Waals surface area contributed by atoms with Crippen molar-refractivity contribution >= 4 is 12.0 Å². The summed E-state index contributed by atoms with van der Waals surface area (Å²) in [4.78, 5) is 18.3. The number of halogens is 2. The molecule has 0 saturated carbocycles. The van der Waals surface area contributed by atoms with Gasteiger partial charge in [-0.1, -0.05) is 36.1 Å². The second kappa shape index (κ2) is 13.1. The Morgan fingerprint density at radius 2 is 1.76 bits per heavy atom. The summed E-state index contributed by atoms with van der Waals surface area (Å²) in [5, 5.41) is 22.0. The van der Waals surface area contributed by atoms with Crippen LogP contribution in [0.3, 0.4) is 0 Å². The third-order valence-corrected chi connectivity index (χ3v) is 6.74. The van der Waals surface area contributed by atoms with Crippen molar-refractivity contribution in [2.24, 2.45) is 10.9 Å². The van der Waals surface area contributed by atoms with Crippen LogP contribution in [0.15, 0.2) is 65.0 Å². The number of likely N-dealkylation sites (tertiary alicyclic amines) is 1. The summed E-state index contributed by atoms with van der Waals surface area (Å²) in [5.74, 6) is 5.45. The smallest absolute Gasteiger partial charge is 0.250 e. The molecular formula is C30H30F2N4O2. The minimum absolute atomic E-state index is 0.0565. The Kier molecular flexibility index (Phi) is 9.37. The van der Waals surface area contributed by atoms with Crippen molar-refractivity contribution in [3.8, 4) is 17.9 Å². The third-order valence-electron chi connectivity index (χ3n) is 6.74. The van der Waals surface area contributed by atoms with Gasteiger partial charge >= 0.3 is 0 Å². The van der Waals surface area contributed by atoms with Crippen LogP contribution in [0, 0.1) is 29.1 Å². The van der Waals surface area contributed by atoms with Gasteiger partial charge in [0.05, 0.1) is 24.2 Å². The average molecular weight is 517 g/mol. The van der Waals surface area contributed by atoms with E-state index < -0.39 is 18.8 Å². The van der Waals surface area contributed by atoms with E-state index in [1.54, 1.807) is 0 Å². The Balaban J connectivity index is 1.40. The lowest BCUT2D eigenvalue weighted by Gasteiger charge is -2.20. The number of nitrogens with one attached hydrogen (secondary N) is 1. The lowest BCUT2D eigenvalue weighted by atomic mass is 9.92. The Hall–Kier alpha value is -3.85. The van der Waals surface area contributed by atoms with Crippen LogP contribution in [0.25, 0.3) is 0 Å². The molecule has 0 aromatic heterocycles. The lowest BCUT2D eigenvalue weighted by molar-refractivity contribution is -0.117. The van der Waals surface area contributed by atoms with Gasteiger partial charge in [-0.25, -0.2) is 8.78 Å². The Morgan fingerprint density at radius 3 is 2.39 bits per heavy atom. The Morgan fingerprint density at radius 1 is 1.08 bits per heavy atom. The van der Waals surface area contributed by atoms with Gasteiger partial charge in [0, 0.05) is 55.7 Å². The number of allylic oxidation sites excluding steroid dienone is 2. The molecule has 1 fully saturated rings. The average Bonchev–Trinajstić information content (AvgIpc) is 3.38. The molecule has 6 nitrogen and oxygen atoms in total. The maximum absolute atomic E-state index is 12.7. The molecule has 0 amide bonds. The Labute approximate surface area is 221 Å². The first-order valence-electron chi connectivity index (χ1n) is 12.7. The number of aliphatic hydroxyl groups is 1. The molecule has 1 saturated heterocycles. The Bertz CT molecular complexity index is 1280. The van der Waals surface area contributed by atoms with Gasteiger partial charge in [-0.3, -0.25) is 14.7 Å². The second-order valence-corrected chi connectivity index (χ2v) is 9.60. The van der Waals surface area contributed by atoms with Crippen LogP contribution in [0.4, 0.5) is 8.78 Å². The third kappa shape index (κ3) is 7.58. The summed E-state index contributed by atoms with van der Waals surface area (Å²) in [6.45, 7) is 2.40. The monoisotopic (exact) mass is 516 g/mol. The number of nitriles is 1. The van der Waals surface area contributed by atoms with Gasteiger partial charge in [0.15, 0.2) is 5.76 Å². The van der Waals surface area contributed by atoms with Crippen LogP contribution in [0.2, 0.25) is 0 Å². The van der Waals surface area contributed by atoms with Gasteiger partial charge < -0.3 is 10.4 Å². The van der Waals surface area contributed by atoms with Crippen molar-refractivity contribution in [3.05, 3.63) is 82.2 Å². The van der Waals surface area contributed by atoms with Crippen LogP contribution < -0.4 is 5.32 Å². The summed E-state index contributed by atoms with van der Waals surface area (Å²) in [6.07, 6.45) is 0.222. The fourth-order valence-corrected chi connectivity index (χ4v) is 4.63. The first-order valence-corrected chi connectivity index (χ1v) is 12.7. The summed E-state index contributed by atoms with van der Waals surface area (Å²) >= 11 is 0. The molecule has 0 radical (unpaired) electrons. The zero-order chi connectivity index (χ0) is 26.9. The summed E-state index contributed by atoms with van der Waals surface area (Å²) in [5.41, 5.74) is 4.04. The molecule has 2 aromatic rings. The van der Waals surface area contributed by atoms with Crippen LogP contribution in [-0.2, 0) is 11.3 Å². The number of carbonyl (C=O) groups excluding carboxylic acids is 1.